The molecule has 0 N–H and O–H groups in total. The molecule has 23 heavy (non-hydrogen) atoms. The zero-order valence-electron chi connectivity index (χ0n) is 11.8. The van der Waals surface area contributed by atoms with Gasteiger partial charge in [-0.05, 0) is 40.5 Å². The van der Waals surface area contributed by atoms with Crippen LogP contribution in [0.15, 0.2) is 38.5 Å². The van der Waals surface area contributed by atoms with Gasteiger partial charge < -0.3 is 4.74 Å². The van der Waals surface area contributed by atoms with E-state index in [0.717, 1.165) is 3.79 Å². The summed E-state index contributed by atoms with van der Waals surface area (Å²) in [5.41, 5.74) is 0.459. The molecule has 0 amide bonds. The van der Waals surface area contributed by atoms with Gasteiger partial charge in [-0.25, -0.2) is 13.4 Å². The summed E-state index contributed by atoms with van der Waals surface area (Å²) in [6, 6.07) is 8.47. The molecule has 1 aliphatic rings. The summed E-state index contributed by atoms with van der Waals surface area (Å²) in [5, 5.41) is 8.88. The van der Waals surface area contributed by atoms with E-state index >= 15 is 0 Å². The van der Waals surface area contributed by atoms with E-state index < -0.39 is 10.0 Å². The van der Waals surface area contributed by atoms with Crippen LogP contribution in [0.3, 0.4) is 0 Å². The molecule has 6 nitrogen and oxygen atoms in total. The normalized spacial score (nSPS) is 18.7. The summed E-state index contributed by atoms with van der Waals surface area (Å²) in [4.78, 5) is 4.05. The minimum Gasteiger partial charge on any atom is -0.473 e. The Bertz CT molecular complexity index is 860. The molecular formula is C14H12BrN3O3S2. The molecule has 120 valence electrons. The molecule has 1 aliphatic heterocycles. The van der Waals surface area contributed by atoms with Gasteiger partial charge in [-0.15, -0.1) is 11.3 Å². The third-order valence-electron chi connectivity index (χ3n) is 3.40. The van der Waals surface area contributed by atoms with Gasteiger partial charge in [0.1, 0.15) is 10.3 Å². The van der Waals surface area contributed by atoms with Crippen molar-refractivity contribution >= 4 is 37.3 Å². The van der Waals surface area contributed by atoms with Crippen LogP contribution in [0.2, 0.25) is 0 Å². The summed E-state index contributed by atoms with van der Waals surface area (Å²) in [5.74, 6) is 0.340. The molecule has 0 bridgehead atoms. The lowest BCUT2D eigenvalue weighted by molar-refractivity contribution is 0.207. The highest BCUT2D eigenvalue weighted by molar-refractivity contribution is 9.11. The Balaban J connectivity index is 1.70. The van der Waals surface area contributed by atoms with Crippen LogP contribution in [-0.4, -0.2) is 36.9 Å². The number of nitriles is 1. The SMILES string of the molecule is N#Cc1ccnc(OC2CCN(S(=O)(=O)c3ccc(Br)s3)C2)c1. The van der Waals surface area contributed by atoms with Gasteiger partial charge in [-0.1, -0.05) is 0 Å². The third-order valence-corrected chi connectivity index (χ3v) is 7.36. The van der Waals surface area contributed by atoms with Gasteiger partial charge >= 0.3 is 0 Å². The molecule has 0 radical (unpaired) electrons. The molecule has 0 aromatic carbocycles. The molecular weight excluding hydrogens is 402 g/mol. The lowest BCUT2D eigenvalue weighted by Gasteiger charge is -2.16. The smallest absolute Gasteiger partial charge is 0.252 e. The van der Waals surface area contributed by atoms with Crippen LogP contribution in [0, 0.1) is 11.3 Å². The van der Waals surface area contributed by atoms with Crippen molar-refractivity contribution in [2.45, 2.75) is 16.7 Å². The van der Waals surface area contributed by atoms with Crippen molar-refractivity contribution in [2.24, 2.45) is 0 Å². The van der Waals surface area contributed by atoms with Crippen LogP contribution >= 0.6 is 27.3 Å². The Hall–Kier alpha value is -1.47. The van der Waals surface area contributed by atoms with Gasteiger partial charge in [0, 0.05) is 18.8 Å². The molecule has 3 rings (SSSR count). The number of rotatable bonds is 4. The van der Waals surface area contributed by atoms with Gasteiger partial charge in [0.25, 0.3) is 10.0 Å². The topological polar surface area (TPSA) is 83.3 Å². The van der Waals surface area contributed by atoms with Crippen LogP contribution in [0.25, 0.3) is 0 Å². The standard InChI is InChI=1S/C14H12BrN3O3S2/c15-12-1-2-14(22-12)23(19,20)18-6-4-11(9-18)21-13-7-10(8-16)3-5-17-13/h1-3,5,7,11H,4,6,9H2. The monoisotopic (exact) mass is 413 g/mol. The second-order valence-electron chi connectivity index (χ2n) is 4.94. The average Bonchev–Trinajstić information content (AvgIpc) is 3.17. The van der Waals surface area contributed by atoms with E-state index in [-0.39, 0.29) is 12.6 Å². The molecule has 1 saturated heterocycles. The lowest BCUT2D eigenvalue weighted by atomic mass is 10.3. The summed E-state index contributed by atoms with van der Waals surface area (Å²) in [6.45, 7) is 0.677. The minimum absolute atomic E-state index is 0.269. The summed E-state index contributed by atoms with van der Waals surface area (Å²) < 4.78 is 33.3. The van der Waals surface area contributed by atoms with Crippen molar-refractivity contribution in [3.63, 3.8) is 0 Å². The summed E-state index contributed by atoms with van der Waals surface area (Å²) >= 11 is 4.47. The molecule has 3 heterocycles. The number of ether oxygens (including phenoxy) is 1. The Morgan fingerprint density at radius 1 is 1.43 bits per heavy atom. The Morgan fingerprint density at radius 3 is 2.96 bits per heavy atom. The molecule has 2 aromatic heterocycles. The predicted molar refractivity (Wildman–Crippen MR) is 88.8 cm³/mol. The van der Waals surface area contributed by atoms with Crippen LogP contribution in [-0.2, 0) is 10.0 Å². The first kappa shape index (κ1) is 16.4. The van der Waals surface area contributed by atoms with E-state index in [4.69, 9.17) is 10.00 Å². The summed E-state index contributed by atoms with van der Waals surface area (Å²) in [6.07, 6.45) is 1.82. The number of pyridine rings is 1. The molecule has 1 unspecified atom stereocenters. The maximum atomic E-state index is 12.5. The van der Waals surface area contributed by atoms with Crippen LogP contribution in [0.5, 0.6) is 5.88 Å². The number of hydrogen-bond acceptors (Lipinski definition) is 6. The van der Waals surface area contributed by atoms with Crippen molar-refractivity contribution in [1.29, 1.82) is 5.26 Å². The molecule has 0 saturated carbocycles. The Labute approximate surface area is 146 Å². The van der Waals surface area contributed by atoms with Gasteiger partial charge in [-0.2, -0.15) is 9.57 Å². The van der Waals surface area contributed by atoms with Crippen molar-refractivity contribution < 1.29 is 13.2 Å². The van der Waals surface area contributed by atoms with Crippen LogP contribution in [0.4, 0.5) is 0 Å². The number of hydrogen-bond donors (Lipinski definition) is 0. The van der Waals surface area contributed by atoms with Gasteiger partial charge in [0.2, 0.25) is 5.88 Å². The second-order valence-corrected chi connectivity index (χ2v) is 9.57. The van der Waals surface area contributed by atoms with Crippen molar-refractivity contribution in [3.05, 3.63) is 39.8 Å². The summed E-state index contributed by atoms with van der Waals surface area (Å²) in [7, 11) is -3.49. The van der Waals surface area contributed by atoms with Gasteiger partial charge in [0.15, 0.2) is 0 Å². The highest BCUT2D eigenvalue weighted by atomic mass is 79.9. The van der Waals surface area contributed by atoms with Gasteiger partial charge in [0.05, 0.1) is 22.0 Å². The minimum atomic E-state index is -3.49. The van der Waals surface area contributed by atoms with E-state index in [1.54, 1.807) is 24.3 Å². The first-order valence-electron chi connectivity index (χ1n) is 6.77. The molecule has 0 spiro atoms. The number of aromatic nitrogens is 1. The zero-order valence-corrected chi connectivity index (χ0v) is 15.1. The fraction of sp³-hybridized carbons (Fsp3) is 0.286. The van der Waals surface area contributed by atoms with E-state index in [0.29, 0.717) is 28.6 Å². The van der Waals surface area contributed by atoms with Crippen LogP contribution < -0.4 is 4.74 Å². The maximum Gasteiger partial charge on any atom is 0.252 e. The highest BCUT2D eigenvalue weighted by Gasteiger charge is 2.34. The van der Waals surface area contributed by atoms with Crippen molar-refractivity contribution in [3.8, 4) is 11.9 Å². The van der Waals surface area contributed by atoms with E-state index in [1.807, 2.05) is 6.07 Å². The number of nitrogens with zero attached hydrogens (tertiary/aromatic N) is 3. The Morgan fingerprint density at radius 2 is 2.26 bits per heavy atom. The molecule has 9 heteroatoms. The van der Waals surface area contributed by atoms with Crippen LogP contribution in [0.1, 0.15) is 12.0 Å². The molecule has 1 fully saturated rings. The van der Waals surface area contributed by atoms with E-state index in [1.165, 1.54) is 21.8 Å². The van der Waals surface area contributed by atoms with Crippen molar-refractivity contribution in [2.75, 3.05) is 13.1 Å². The van der Waals surface area contributed by atoms with Crippen molar-refractivity contribution in [1.82, 2.24) is 9.29 Å². The fourth-order valence-electron chi connectivity index (χ4n) is 2.29. The second kappa shape index (κ2) is 6.57. The third kappa shape index (κ3) is 3.55. The fourth-order valence-corrected chi connectivity index (χ4v) is 5.94. The molecule has 0 aliphatic carbocycles. The quantitative estimate of drug-likeness (QED) is 0.768. The molecule has 1 atom stereocenters. The largest absolute Gasteiger partial charge is 0.473 e. The first-order valence-corrected chi connectivity index (χ1v) is 9.82. The zero-order chi connectivity index (χ0) is 16.4. The van der Waals surface area contributed by atoms with Gasteiger partial charge in [-0.3, -0.25) is 0 Å². The lowest BCUT2D eigenvalue weighted by Crippen LogP contribution is -2.30. The first-order chi connectivity index (χ1) is 11.0. The average molecular weight is 414 g/mol. The highest BCUT2D eigenvalue weighted by Crippen LogP contribution is 2.30. The number of sulfonamides is 1. The number of thiophene rings is 1. The van der Waals surface area contributed by atoms with E-state index in [2.05, 4.69) is 20.9 Å². The maximum absolute atomic E-state index is 12.5. The molecule has 2 aromatic rings. The predicted octanol–water partition coefficient (Wildman–Crippen LogP) is 2.62. The number of halogens is 1. The Kier molecular flexibility index (Phi) is 4.68. The van der Waals surface area contributed by atoms with E-state index in [9.17, 15) is 8.42 Å².